The maximum atomic E-state index is 12.8. The minimum Gasteiger partial charge on any atom is -0.355 e. The highest BCUT2D eigenvalue weighted by atomic mass is 16.5. The van der Waals surface area contributed by atoms with Crippen LogP contribution >= 0.6 is 0 Å². The average Bonchev–Trinajstić information content (AvgIpc) is 3.37. The summed E-state index contributed by atoms with van der Waals surface area (Å²) in [5.74, 6) is 0.453. The highest BCUT2D eigenvalue weighted by Crippen LogP contribution is 2.24. The summed E-state index contributed by atoms with van der Waals surface area (Å²) in [5.41, 5.74) is 1.17. The van der Waals surface area contributed by atoms with Gasteiger partial charge in [0.05, 0.1) is 18.8 Å². The molecule has 0 unspecified atom stereocenters. The van der Waals surface area contributed by atoms with Crippen molar-refractivity contribution in [1.29, 1.82) is 0 Å². The van der Waals surface area contributed by atoms with Gasteiger partial charge in [-0.05, 0) is 25.0 Å². The third-order valence-electron chi connectivity index (χ3n) is 4.20. The summed E-state index contributed by atoms with van der Waals surface area (Å²) in [7, 11) is 0. The smallest absolute Gasteiger partial charge is 0.276 e. The molecule has 0 aromatic carbocycles. The van der Waals surface area contributed by atoms with Crippen molar-refractivity contribution in [1.82, 2.24) is 30.0 Å². The first-order chi connectivity index (χ1) is 11.8. The molecule has 1 aliphatic heterocycles. The molecule has 1 atom stereocenters. The Hall–Kier alpha value is -3.03. The van der Waals surface area contributed by atoms with E-state index in [1.165, 1.54) is 0 Å². The second kappa shape index (κ2) is 6.23. The quantitative estimate of drug-likeness (QED) is 0.724. The third kappa shape index (κ3) is 2.78. The lowest BCUT2D eigenvalue weighted by atomic mass is 10.2. The first-order valence-electron chi connectivity index (χ1n) is 7.83. The fourth-order valence-electron chi connectivity index (χ4n) is 3.01. The molecule has 0 aliphatic carbocycles. The Labute approximate surface area is 138 Å². The zero-order valence-electron chi connectivity index (χ0n) is 12.9. The van der Waals surface area contributed by atoms with Crippen molar-refractivity contribution >= 4 is 5.91 Å². The summed E-state index contributed by atoms with van der Waals surface area (Å²) in [4.78, 5) is 18.6. The average molecular weight is 324 g/mol. The van der Waals surface area contributed by atoms with Crippen LogP contribution < -0.4 is 0 Å². The molecule has 4 heterocycles. The molecule has 24 heavy (non-hydrogen) atoms. The van der Waals surface area contributed by atoms with E-state index in [0.717, 1.165) is 24.9 Å². The Kier molecular flexibility index (Phi) is 3.78. The normalized spacial score (nSPS) is 17.3. The number of hydrogen-bond acceptors (Lipinski definition) is 6. The predicted octanol–water partition coefficient (Wildman–Crippen LogP) is 1.63. The summed E-state index contributed by atoms with van der Waals surface area (Å²) in [6.45, 7) is 1.36. The minimum absolute atomic E-state index is 0.0975. The fraction of sp³-hybridized carbons (Fsp3) is 0.312. The maximum absolute atomic E-state index is 12.8. The molecule has 0 saturated carbocycles. The van der Waals surface area contributed by atoms with Crippen molar-refractivity contribution in [3.05, 3.63) is 48.7 Å². The van der Waals surface area contributed by atoms with Gasteiger partial charge in [-0.3, -0.25) is 14.5 Å². The molecule has 0 N–H and O–H groups in total. The molecule has 1 aliphatic rings. The second-order valence-corrected chi connectivity index (χ2v) is 5.73. The number of carbonyl (C=O) groups excluding carboxylic acids is 1. The number of amides is 1. The van der Waals surface area contributed by atoms with Crippen LogP contribution in [0.1, 0.15) is 23.3 Å². The van der Waals surface area contributed by atoms with Crippen molar-refractivity contribution in [2.45, 2.75) is 25.4 Å². The lowest BCUT2D eigenvalue weighted by molar-refractivity contribution is 0.0710. The van der Waals surface area contributed by atoms with E-state index < -0.39 is 0 Å². The van der Waals surface area contributed by atoms with Crippen LogP contribution in [0.5, 0.6) is 0 Å². The molecule has 8 nitrogen and oxygen atoms in total. The van der Waals surface area contributed by atoms with Crippen LogP contribution in [-0.2, 0) is 6.54 Å². The van der Waals surface area contributed by atoms with Gasteiger partial charge in [0.15, 0.2) is 11.5 Å². The fourth-order valence-corrected chi connectivity index (χ4v) is 3.01. The lowest BCUT2D eigenvalue weighted by Crippen LogP contribution is -2.38. The Morgan fingerprint density at radius 3 is 2.96 bits per heavy atom. The highest BCUT2D eigenvalue weighted by molar-refractivity contribution is 5.93. The van der Waals surface area contributed by atoms with E-state index in [1.54, 1.807) is 35.5 Å². The van der Waals surface area contributed by atoms with Crippen LogP contribution in [0.4, 0.5) is 0 Å². The molecule has 3 aromatic rings. The van der Waals surface area contributed by atoms with Crippen LogP contribution in [0.2, 0.25) is 0 Å². The summed E-state index contributed by atoms with van der Waals surface area (Å²) < 4.78 is 7.07. The van der Waals surface area contributed by atoms with Gasteiger partial charge in [-0.2, -0.15) is 0 Å². The number of hydrogen-bond donors (Lipinski definition) is 0. The Bertz CT molecular complexity index is 814. The van der Waals surface area contributed by atoms with Crippen molar-refractivity contribution < 1.29 is 9.32 Å². The summed E-state index contributed by atoms with van der Waals surface area (Å²) in [5, 5.41) is 11.7. The van der Waals surface area contributed by atoms with Gasteiger partial charge in [0.1, 0.15) is 0 Å². The van der Waals surface area contributed by atoms with Crippen LogP contribution in [0.3, 0.4) is 0 Å². The van der Waals surface area contributed by atoms with Crippen LogP contribution in [0.25, 0.3) is 11.3 Å². The minimum atomic E-state index is -0.110. The summed E-state index contributed by atoms with van der Waals surface area (Å²) in [6, 6.07) is 5.42. The maximum Gasteiger partial charge on any atom is 0.276 e. The second-order valence-electron chi connectivity index (χ2n) is 5.73. The molecule has 8 heteroatoms. The van der Waals surface area contributed by atoms with Gasteiger partial charge in [-0.15, -0.1) is 5.10 Å². The molecule has 0 spiro atoms. The van der Waals surface area contributed by atoms with E-state index in [4.69, 9.17) is 4.52 Å². The first kappa shape index (κ1) is 14.6. The molecule has 1 amide bonds. The van der Waals surface area contributed by atoms with Crippen molar-refractivity contribution in [3.63, 3.8) is 0 Å². The third-order valence-corrected chi connectivity index (χ3v) is 4.20. The van der Waals surface area contributed by atoms with Gasteiger partial charge in [0.25, 0.3) is 5.91 Å². The SMILES string of the molecule is O=C(c1cc(-c2ccncc2)on1)N1CCC[C@H]1Cn1ccnn1. The van der Waals surface area contributed by atoms with E-state index in [-0.39, 0.29) is 11.9 Å². The summed E-state index contributed by atoms with van der Waals surface area (Å²) >= 11 is 0. The molecule has 0 radical (unpaired) electrons. The molecule has 1 fully saturated rings. The largest absolute Gasteiger partial charge is 0.355 e. The first-order valence-corrected chi connectivity index (χ1v) is 7.83. The molecule has 1 saturated heterocycles. The molecular formula is C16H16N6O2. The number of carbonyl (C=O) groups is 1. The van der Waals surface area contributed by atoms with Crippen LogP contribution in [0.15, 0.2) is 47.5 Å². The Balaban J connectivity index is 1.52. The Morgan fingerprint density at radius 2 is 2.17 bits per heavy atom. The van der Waals surface area contributed by atoms with Crippen molar-refractivity contribution in [3.8, 4) is 11.3 Å². The molecule has 3 aromatic heterocycles. The van der Waals surface area contributed by atoms with Gasteiger partial charge in [-0.1, -0.05) is 10.4 Å². The standard InChI is InChI=1S/C16H16N6O2/c23-16(14-10-15(24-19-14)12-3-5-17-6-4-12)22-8-1-2-13(22)11-21-9-7-18-20-21/h3-7,9-10,13H,1-2,8,11H2/t13-/m0/s1. The van der Waals surface area contributed by atoms with Gasteiger partial charge in [0, 0.05) is 36.8 Å². The molecule has 122 valence electrons. The van der Waals surface area contributed by atoms with Crippen LogP contribution in [0, 0.1) is 0 Å². The van der Waals surface area contributed by atoms with E-state index in [9.17, 15) is 4.79 Å². The van der Waals surface area contributed by atoms with E-state index in [1.807, 2.05) is 17.0 Å². The number of nitrogens with zero attached hydrogens (tertiary/aromatic N) is 6. The van der Waals surface area contributed by atoms with Crippen LogP contribution in [-0.4, -0.2) is 48.5 Å². The lowest BCUT2D eigenvalue weighted by Gasteiger charge is -2.23. The predicted molar refractivity (Wildman–Crippen MR) is 83.8 cm³/mol. The number of pyridine rings is 1. The number of rotatable bonds is 4. The monoisotopic (exact) mass is 324 g/mol. The Morgan fingerprint density at radius 1 is 1.29 bits per heavy atom. The van der Waals surface area contributed by atoms with Crippen molar-refractivity contribution in [2.24, 2.45) is 0 Å². The van der Waals surface area contributed by atoms with Gasteiger partial charge < -0.3 is 9.42 Å². The molecular weight excluding hydrogens is 308 g/mol. The highest BCUT2D eigenvalue weighted by Gasteiger charge is 2.31. The number of likely N-dealkylation sites (tertiary alicyclic amines) is 1. The van der Waals surface area contributed by atoms with E-state index >= 15 is 0 Å². The van der Waals surface area contributed by atoms with E-state index in [0.29, 0.717) is 18.0 Å². The summed E-state index contributed by atoms with van der Waals surface area (Å²) in [6.07, 6.45) is 8.71. The number of aromatic nitrogens is 5. The van der Waals surface area contributed by atoms with Crippen molar-refractivity contribution in [2.75, 3.05) is 6.54 Å². The molecule has 4 rings (SSSR count). The van der Waals surface area contributed by atoms with Gasteiger partial charge >= 0.3 is 0 Å². The van der Waals surface area contributed by atoms with E-state index in [2.05, 4.69) is 20.5 Å². The topological polar surface area (TPSA) is 89.9 Å². The van der Waals surface area contributed by atoms with Gasteiger partial charge in [-0.25, -0.2) is 0 Å². The zero-order valence-corrected chi connectivity index (χ0v) is 12.9. The zero-order chi connectivity index (χ0) is 16.4. The van der Waals surface area contributed by atoms with Gasteiger partial charge in [0.2, 0.25) is 0 Å². The molecule has 0 bridgehead atoms.